The Balaban J connectivity index is 1.13. The van der Waals surface area contributed by atoms with Crippen molar-refractivity contribution in [2.24, 2.45) is 5.92 Å². The van der Waals surface area contributed by atoms with Crippen molar-refractivity contribution < 1.29 is 18.0 Å². The van der Waals surface area contributed by atoms with Crippen molar-refractivity contribution in [3.8, 4) is 0 Å². The number of hydrogen-bond acceptors (Lipinski definition) is 7. The lowest BCUT2D eigenvalue weighted by Gasteiger charge is -2.32. The monoisotopic (exact) mass is 598 g/mol. The third kappa shape index (κ3) is 6.54. The van der Waals surface area contributed by atoms with E-state index in [0.717, 1.165) is 50.9 Å². The second-order valence-corrected chi connectivity index (χ2v) is 14.0. The lowest BCUT2D eigenvalue weighted by atomic mass is 9.96. The summed E-state index contributed by atoms with van der Waals surface area (Å²) in [6.45, 7) is 3.66. The molecule has 2 aliphatic heterocycles. The van der Waals surface area contributed by atoms with Crippen LogP contribution in [0.5, 0.6) is 0 Å². The fourth-order valence-corrected chi connectivity index (χ4v) is 8.56. The number of likely N-dealkylation sites (tertiary alicyclic amines) is 1. The van der Waals surface area contributed by atoms with E-state index in [1.165, 1.54) is 26.1 Å². The molecule has 0 spiro atoms. The quantitative estimate of drug-likeness (QED) is 0.291. The minimum absolute atomic E-state index is 0.282. The Hall–Kier alpha value is -2.86. The van der Waals surface area contributed by atoms with Gasteiger partial charge in [-0.15, -0.1) is 23.1 Å². The maximum absolute atomic E-state index is 13.2. The zero-order valence-corrected chi connectivity index (χ0v) is 24.9. The van der Waals surface area contributed by atoms with E-state index in [1.54, 1.807) is 41.4 Å². The van der Waals surface area contributed by atoms with Crippen LogP contribution in [0.4, 0.5) is 11.4 Å². The molecule has 1 saturated heterocycles. The Morgan fingerprint density at radius 3 is 2.58 bits per heavy atom. The number of nitrogens with one attached hydrogen (secondary N) is 2. The lowest BCUT2D eigenvalue weighted by Crippen LogP contribution is -2.41. The van der Waals surface area contributed by atoms with E-state index < -0.39 is 21.8 Å². The van der Waals surface area contributed by atoms with Crippen LogP contribution in [0.3, 0.4) is 0 Å². The molecule has 2 amide bonds. The molecule has 8 nitrogen and oxygen atoms in total. The molecule has 2 aliphatic rings. The molecule has 2 aromatic carbocycles. The zero-order chi connectivity index (χ0) is 28.1. The summed E-state index contributed by atoms with van der Waals surface area (Å²) in [5, 5.41) is 7.18. The number of amides is 2. The topological polar surface area (TPSA) is 98.8 Å². The summed E-state index contributed by atoms with van der Waals surface area (Å²) in [6.07, 6.45) is 5.49. The maximum atomic E-state index is 13.2. The van der Waals surface area contributed by atoms with E-state index in [0.29, 0.717) is 30.4 Å². The highest BCUT2D eigenvalue weighted by Crippen LogP contribution is 2.35. The molecule has 40 heavy (non-hydrogen) atoms. The minimum Gasteiger partial charge on any atom is -0.348 e. The fraction of sp³-hybridized carbons (Fsp3) is 0.379. The highest BCUT2D eigenvalue weighted by Gasteiger charge is 2.30. The van der Waals surface area contributed by atoms with Crippen LogP contribution in [0.1, 0.15) is 30.4 Å². The van der Waals surface area contributed by atoms with Crippen LogP contribution >= 0.6 is 23.1 Å². The SMILES string of the molecule is CSc1ccccc1CN1CCC(CNC(=O)C(=O)Nc2ccc3c(c2)N(S(=O)(=O)c2cccs2)CCC3)CC1. The van der Waals surface area contributed by atoms with Gasteiger partial charge in [-0.2, -0.15) is 0 Å². The van der Waals surface area contributed by atoms with Gasteiger partial charge in [0.05, 0.1) is 5.69 Å². The molecule has 2 N–H and O–H groups in total. The van der Waals surface area contributed by atoms with Crippen LogP contribution < -0.4 is 14.9 Å². The molecular formula is C29H34N4O4S3. The molecule has 0 unspecified atom stereocenters. The van der Waals surface area contributed by atoms with Gasteiger partial charge in [0.15, 0.2) is 0 Å². The number of carbonyl (C=O) groups is 2. The summed E-state index contributed by atoms with van der Waals surface area (Å²) in [7, 11) is -3.68. The summed E-state index contributed by atoms with van der Waals surface area (Å²) in [5.74, 6) is -1.12. The Morgan fingerprint density at radius 1 is 1.02 bits per heavy atom. The van der Waals surface area contributed by atoms with Gasteiger partial charge in [0, 0.05) is 30.2 Å². The van der Waals surface area contributed by atoms with Gasteiger partial charge in [0.2, 0.25) is 0 Å². The molecule has 0 radical (unpaired) electrons. The van der Waals surface area contributed by atoms with E-state index in [2.05, 4.69) is 46.1 Å². The highest BCUT2D eigenvalue weighted by molar-refractivity contribution is 7.98. The van der Waals surface area contributed by atoms with Gasteiger partial charge >= 0.3 is 11.8 Å². The van der Waals surface area contributed by atoms with Gasteiger partial charge in [-0.3, -0.25) is 18.8 Å². The molecule has 0 saturated carbocycles. The zero-order valence-electron chi connectivity index (χ0n) is 22.5. The third-order valence-corrected chi connectivity index (χ3v) is 11.5. The first-order valence-corrected chi connectivity index (χ1v) is 17.0. The molecule has 3 heterocycles. The molecule has 11 heteroatoms. The predicted octanol–water partition coefficient (Wildman–Crippen LogP) is 4.58. The van der Waals surface area contributed by atoms with Crippen molar-refractivity contribution in [3.63, 3.8) is 0 Å². The number of fused-ring (bicyclic) bond motifs is 1. The van der Waals surface area contributed by atoms with Crippen LogP contribution in [0.25, 0.3) is 0 Å². The number of hydrogen-bond donors (Lipinski definition) is 2. The molecule has 212 valence electrons. The standard InChI is InChI=1S/C29H34N4O4S3/c1-38-26-8-3-2-6-23(26)20-32-15-12-21(13-16-32)19-30-28(34)29(35)31-24-11-10-22-7-4-14-33(25(22)18-24)40(36,37)27-9-5-17-39-27/h2-3,5-6,8-11,17-18,21H,4,7,12-16,19-20H2,1H3,(H,30,34)(H,31,35). The Kier molecular flexibility index (Phi) is 9.14. The molecule has 0 aliphatic carbocycles. The average Bonchev–Trinajstić information content (AvgIpc) is 3.53. The number of thioether (sulfide) groups is 1. The number of aryl methyl sites for hydroxylation is 1. The number of sulfonamides is 1. The first-order chi connectivity index (χ1) is 19.3. The number of thiophene rings is 1. The van der Waals surface area contributed by atoms with Gasteiger partial charge < -0.3 is 10.6 Å². The van der Waals surface area contributed by atoms with Gasteiger partial charge in [0.1, 0.15) is 4.21 Å². The number of benzene rings is 2. The van der Waals surface area contributed by atoms with Gasteiger partial charge in [0.25, 0.3) is 10.0 Å². The van der Waals surface area contributed by atoms with Crippen LogP contribution in [-0.4, -0.2) is 57.6 Å². The van der Waals surface area contributed by atoms with E-state index in [-0.39, 0.29) is 4.21 Å². The fourth-order valence-electron chi connectivity index (χ4n) is 5.32. The highest BCUT2D eigenvalue weighted by atomic mass is 32.2. The molecule has 5 rings (SSSR count). The van der Waals surface area contributed by atoms with E-state index >= 15 is 0 Å². The van der Waals surface area contributed by atoms with Crippen molar-refractivity contribution in [1.82, 2.24) is 10.2 Å². The van der Waals surface area contributed by atoms with Crippen LogP contribution in [0.2, 0.25) is 0 Å². The Labute approximate surface area is 244 Å². The molecule has 3 aromatic rings. The van der Waals surface area contributed by atoms with Crippen molar-refractivity contribution in [1.29, 1.82) is 0 Å². The summed E-state index contributed by atoms with van der Waals surface area (Å²) in [5.41, 5.74) is 3.18. The number of piperidine rings is 1. The molecule has 0 bridgehead atoms. The average molecular weight is 599 g/mol. The predicted molar refractivity (Wildman–Crippen MR) is 161 cm³/mol. The van der Waals surface area contributed by atoms with E-state index in [9.17, 15) is 18.0 Å². The van der Waals surface area contributed by atoms with Crippen LogP contribution in [-0.2, 0) is 32.6 Å². The smallest absolute Gasteiger partial charge is 0.313 e. The van der Waals surface area contributed by atoms with E-state index in [1.807, 2.05) is 6.07 Å². The summed E-state index contributed by atoms with van der Waals surface area (Å²) in [6, 6.07) is 17.0. The Bertz CT molecular complexity index is 1450. The molecule has 1 fully saturated rings. The first kappa shape index (κ1) is 28.7. The van der Waals surface area contributed by atoms with Crippen molar-refractivity contribution in [2.45, 2.75) is 41.3 Å². The number of anilines is 2. The summed E-state index contributed by atoms with van der Waals surface area (Å²) >= 11 is 2.95. The Morgan fingerprint density at radius 2 is 1.82 bits per heavy atom. The van der Waals surface area contributed by atoms with E-state index in [4.69, 9.17) is 0 Å². The molecule has 0 atom stereocenters. The number of nitrogens with zero attached hydrogens (tertiary/aromatic N) is 2. The molecular weight excluding hydrogens is 565 g/mol. The second kappa shape index (κ2) is 12.8. The van der Waals surface area contributed by atoms with Gasteiger partial charge in [-0.25, -0.2) is 8.42 Å². The summed E-state index contributed by atoms with van der Waals surface area (Å²) < 4.78 is 28.1. The summed E-state index contributed by atoms with van der Waals surface area (Å²) in [4.78, 5) is 29.0. The normalized spacial score (nSPS) is 16.4. The second-order valence-electron chi connectivity index (χ2n) is 10.2. The third-order valence-electron chi connectivity index (χ3n) is 7.51. The molecule has 1 aromatic heterocycles. The van der Waals surface area contributed by atoms with Crippen molar-refractivity contribution in [2.75, 3.05) is 42.1 Å². The number of carbonyl (C=O) groups excluding carboxylic acids is 2. The van der Waals surface area contributed by atoms with Crippen LogP contribution in [0, 0.1) is 5.92 Å². The lowest BCUT2D eigenvalue weighted by molar-refractivity contribution is -0.136. The van der Waals surface area contributed by atoms with Crippen LogP contribution in [0.15, 0.2) is 69.1 Å². The van der Waals surface area contributed by atoms with Gasteiger partial charge in [-0.1, -0.05) is 30.3 Å². The minimum atomic E-state index is -3.68. The van der Waals surface area contributed by atoms with Crippen molar-refractivity contribution >= 4 is 56.3 Å². The van der Waals surface area contributed by atoms with Gasteiger partial charge in [-0.05, 0) is 91.7 Å². The first-order valence-electron chi connectivity index (χ1n) is 13.5. The maximum Gasteiger partial charge on any atom is 0.313 e. The van der Waals surface area contributed by atoms with Crippen molar-refractivity contribution in [3.05, 3.63) is 71.1 Å². The largest absolute Gasteiger partial charge is 0.348 e. The number of rotatable bonds is 8.